The molecule has 1 aromatic carbocycles. The predicted molar refractivity (Wildman–Crippen MR) is 64.3 cm³/mol. The quantitative estimate of drug-likeness (QED) is 0.533. The molecule has 2 nitrogen and oxygen atoms in total. The van der Waals surface area contributed by atoms with Crippen LogP contribution in [0.1, 0.15) is 37.8 Å². The molecule has 82 valence electrons. The molecule has 0 bridgehead atoms. The Morgan fingerprint density at radius 3 is 2.47 bits per heavy atom. The molecular formula is C13H19NO. The van der Waals surface area contributed by atoms with E-state index in [0.29, 0.717) is 0 Å². The van der Waals surface area contributed by atoms with Gasteiger partial charge in [0, 0.05) is 0 Å². The molecule has 0 fully saturated rings. The second kappa shape index (κ2) is 6.23. The normalized spacial score (nSPS) is 11.5. The van der Waals surface area contributed by atoms with E-state index in [1.807, 2.05) is 6.92 Å². The molecular weight excluding hydrogens is 186 g/mol. The Morgan fingerprint density at radius 1 is 1.27 bits per heavy atom. The van der Waals surface area contributed by atoms with Crippen LogP contribution in [0.25, 0.3) is 0 Å². The van der Waals surface area contributed by atoms with Crippen molar-refractivity contribution in [3.63, 3.8) is 0 Å². The molecule has 1 aromatic rings. The SMILES string of the molecule is CCCCc1ccc(C(C)=NOC)cc1. The number of nitrogens with zero attached hydrogens (tertiary/aromatic N) is 1. The van der Waals surface area contributed by atoms with Gasteiger partial charge in [-0.15, -0.1) is 0 Å². The van der Waals surface area contributed by atoms with Gasteiger partial charge in [0.15, 0.2) is 0 Å². The highest BCUT2D eigenvalue weighted by molar-refractivity contribution is 5.98. The maximum absolute atomic E-state index is 4.74. The minimum atomic E-state index is 0.916. The number of aryl methyl sites for hydroxylation is 1. The zero-order valence-electron chi connectivity index (χ0n) is 9.79. The molecule has 0 saturated heterocycles. The average molecular weight is 205 g/mol. The van der Waals surface area contributed by atoms with Gasteiger partial charge in [0.2, 0.25) is 0 Å². The van der Waals surface area contributed by atoms with Crippen molar-refractivity contribution in [3.8, 4) is 0 Å². The van der Waals surface area contributed by atoms with Crippen LogP contribution in [0.2, 0.25) is 0 Å². The van der Waals surface area contributed by atoms with Gasteiger partial charge in [-0.2, -0.15) is 0 Å². The van der Waals surface area contributed by atoms with Gasteiger partial charge in [-0.3, -0.25) is 0 Å². The average Bonchev–Trinajstić information content (AvgIpc) is 2.27. The molecule has 0 heterocycles. The topological polar surface area (TPSA) is 21.6 Å². The molecule has 0 amide bonds. The highest BCUT2D eigenvalue weighted by Gasteiger charge is 1.98. The first-order valence-electron chi connectivity index (χ1n) is 5.45. The Labute approximate surface area is 91.9 Å². The van der Waals surface area contributed by atoms with E-state index in [4.69, 9.17) is 4.84 Å². The standard InChI is InChI=1S/C13H19NO/c1-4-5-6-12-7-9-13(10-8-12)11(2)14-15-3/h7-10H,4-6H2,1-3H3. The minimum Gasteiger partial charge on any atom is -0.399 e. The number of rotatable bonds is 5. The van der Waals surface area contributed by atoms with Crippen molar-refractivity contribution in [3.05, 3.63) is 35.4 Å². The molecule has 0 saturated carbocycles. The van der Waals surface area contributed by atoms with Crippen molar-refractivity contribution in [2.24, 2.45) is 5.16 Å². The highest BCUT2D eigenvalue weighted by atomic mass is 16.6. The fourth-order valence-electron chi connectivity index (χ4n) is 1.48. The third-order valence-corrected chi connectivity index (χ3v) is 2.42. The lowest BCUT2D eigenvalue weighted by atomic mass is 10.0. The Balaban J connectivity index is 2.67. The molecule has 1 rings (SSSR count). The molecule has 0 radical (unpaired) electrons. The second-order valence-corrected chi connectivity index (χ2v) is 3.66. The van der Waals surface area contributed by atoms with Crippen molar-refractivity contribution in [2.75, 3.05) is 7.11 Å². The van der Waals surface area contributed by atoms with Gasteiger partial charge >= 0.3 is 0 Å². The summed E-state index contributed by atoms with van der Waals surface area (Å²) < 4.78 is 0. The van der Waals surface area contributed by atoms with E-state index >= 15 is 0 Å². The first-order chi connectivity index (χ1) is 7.27. The molecule has 0 N–H and O–H groups in total. The lowest BCUT2D eigenvalue weighted by molar-refractivity contribution is 0.213. The summed E-state index contributed by atoms with van der Waals surface area (Å²) in [5, 5.41) is 3.90. The predicted octanol–water partition coefficient (Wildman–Crippen LogP) is 3.40. The van der Waals surface area contributed by atoms with Crippen LogP contribution >= 0.6 is 0 Å². The summed E-state index contributed by atoms with van der Waals surface area (Å²) >= 11 is 0. The molecule has 2 heteroatoms. The Kier molecular flexibility index (Phi) is 4.88. The fraction of sp³-hybridized carbons (Fsp3) is 0.462. The first-order valence-corrected chi connectivity index (χ1v) is 5.45. The van der Waals surface area contributed by atoms with Gasteiger partial charge in [-0.1, -0.05) is 42.8 Å². The zero-order chi connectivity index (χ0) is 11.1. The van der Waals surface area contributed by atoms with E-state index in [9.17, 15) is 0 Å². The monoisotopic (exact) mass is 205 g/mol. The van der Waals surface area contributed by atoms with Crippen LogP contribution in [-0.4, -0.2) is 12.8 Å². The van der Waals surface area contributed by atoms with Crippen molar-refractivity contribution in [1.82, 2.24) is 0 Å². The van der Waals surface area contributed by atoms with Gasteiger partial charge in [0.1, 0.15) is 7.11 Å². The van der Waals surface area contributed by atoms with Crippen LogP contribution in [-0.2, 0) is 11.3 Å². The van der Waals surface area contributed by atoms with E-state index in [1.54, 1.807) is 7.11 Å². The zero-order valence-corrected chi connectivity index (χ0v) is 9.79. The Hall–Kier alpha value is -1.31. The lowest BCUT2D eigenvalue weighted by Crippen LogP contribution is -1.95. The Morgan fingerprint density at radius 2 is 1.93 bits per heavy atom. The van der Waals surface area contributed by atoms with Gasteiger partial charge in [0.05, 0.1) is 5.71 Å². The maximum atomic E-state index is 4.74. The lowest BCUT2D eigenvalue weighted by Gasteiger charge is -2.02. The van der Waals surface area contributed by atoms with Crippen LogP contribution in [0.3, 0.4) is 0 Å². The van der Waals surface area contributed by atoms with Crippen LogP contribution in [0.15, 0.2) is 29.4 Å². The summed E-state index contributed by atoms with van der Waals surface area (Å²) in [5.41, 5.74) is 3.43. The number of benzene rings is 1. The van der Waals surface area contributed by atoms with E-state index < -0.39 is 0 Å². The van der Waals surface area contributed by atoms with Crippen LogP contribution in [0, 0.1) is 0 Å². The van der Waals surface area contributed by atoms with Crippen molar-refractivity contribution < 1.29 is 4.84 Å². The maximum Gasteiger partial charge on any atom is 0.106 e. The molecule has 0 aromatic heterocycles. The van der Waals surface area contributed by atoms with Crippen LogP contribution in [0.4, 0.5) is 0 Å². The van der Waals surface area contributed by atoms with E-state index in [2.05, 4.69) is 36.3 Å². The second-order valence-electron chi connectivity index (χ2n) is 3.66. The van der Waals surface area contributed by atoms with Crippen molar-refractivity contribution in [2.45, 2.75) is 33.1 Å². The highest BCUT2D eigenvalue weighted by Crippen LogP contribution is 2.08. The fourth-order valence-corrected chi connectivity index (χ4v) is 1.48. The summed E-state index contributed by atoms with van der Waals surface area (Å²) in [6.45, 7) is 4.16. The number of hydrogen-bond donors (Lipinski definition) is 0. The number of hydrogen-bond acceptors (Lipinski definition) is 2. The molecule has 0 atom stereocenters. The summed E-state index contributed by atoms with van der Waals surface area (Å²) in [6, 6.07) is 8.53. The summed E-state index contributed by atoms with van der Waals surface area (Å²) in [7, 11) is 1.57. The molecule has 0 spiro atoms. The van der Waals surface area contributed by atoms with Crippen LogP contribution < -0.4 is 0 Å². The van der Waals surface area contributed by atoms with Gasteiger partial charge in [-0.05, 0) is 30.9 Å². The molecule has 0 aliphatic rings. The summed E-state index contributed by atoms with van der Waals surface area (Å²) in [4.78, 5) is 4.74. The van der Waals surface area contributed by atoms with Crippen molar-refractivity contribution in [1.29, 1.82) is 0 Å². The smallest absolute Gasteiger partial charge is 0.106 e. The van der Waals surface area contributed by atoms with E-state index in [1.165, 1.54) is 18.4 Å². The summed E-state index contributed by atoms with van der Waals surface area (Å²) in [6.07, 6.45) is 3.66. The third kappa shape index (κ3) is 3.74. The van der Waals surface area contributed by atoms with Gasteiger partial charge in [0.25, 0.3) is 0 Å². The molecule has 0 aliphatic carbocycles. The van der Waals surface area contributed by atoms with E-state index in [-0.39, 0.29) is 0 Å². The van der Waals surface area contributed by atoms with Gasteiger partial charge in [-0.25, -0.2) is 0 Å². The molecule has 15 heavy (non-hydrogen) atoms. The minimum absolute atomic E-state index is 0.916. The Bertz CT molecular complexity index is 314. The van der Waals surface area contributed by atoms with E-state index in [0.717, 1.165) is 17.7 Å². The van der Waals surface area contributed by atoms with Gasteiger partial charge < -0.3 is 4.84 Å². The third-order valence-electron chi connectivity index (χ3n) is 2.42. The number of unbranched alkanes of at least 4 members (excludes halogenated alkanes) is 1. The van der Waals surface area contributed by atoms with Crippen molar-refractivity contribution >= 4 is 5.71 Å². The number of oxime groups is 1. The molecule has 0 unspecified atom stereocenters. The first kappa shape index (κ1) is 11.8. The molecule has 0 aliphatic heterocycles. The summed E-state index contributed by atoms with van der Waals surface area (Å²) in [5.74, 6) is 0. The van der Waals surface area contributed by atoms with Crippen LogP contribution in [0.5, 0.6) is 0 Å². The largest absolute Gasteiger partial charge is 0.399 e.